The number of H-pyrrole nitrogens is 1. The van der Waals surface area contributed by atoms with Crippen molar-refractivity contribution in [2.24, 2.45) is 0 Å². The highest BCUT2D eigenvalue weighted by atomic mass is 16.5. The van der Waals surface area contributed by atoms with Crippen LogP contribution in [0.5, 0.6) is 0 Å². The molecule has 0 aliphatic carbocycles. The minimum Gasteiger partial charge on any atom is -0.263 e. The van der Waals surface area contributed by atoms with E-state index in [-0.39, 0.29) is 10.8 Å². The van der Waals surface area contributed by atoms with E-state index in [9.17, 15) is 0 Å². The Labute approximate surface area is 158 Å². The molecule has 3 heterocycles. The molecule has 9 nitrogen and oxygen atoms in total. The molecule has 0 spiro atoms. The van der Waals surface area contributed by atoms with Crippen molar-refractivity contribution in [3.63, 3.8) is 0 Å². The Morgan fingerprint density at radius 3 is 2.30 bits per heavy atom. The van der Waals surface area contributed by atoms with Gasteiger partial charge in [0.1, 0.15) is 10.7 Å². The summed E-state index contributed by atoms with van der Waals surface area (Å²) in [5, 5.41) is 11.6. The molecule has 1 N–H and O–H groups in total. The summed E-state index contributed by atoms with van der Waals surface area (Å²) in [5.41, 5.74) is -0.671. The van der Waals surface area contributed by atoms with E-state index in [0.717, 1.165) is 11.6 Å². The molecule has 0 atom stereocenters. The zero-order valence-electron chi connectivity index (χ0n) is 17.4. The maximum absolute atomic E-state index is 5.86. The Bertz CT molecular complexity index is 922. The highest BCUT2D eigenvalue weighted by molar-refractivity contribution is 5.07. The molecule has 0 amide bonds. The average molecular weight is 375 g/mol. The summed E-state index contributed by atoms with van der Waals surface area (Å²) >= 11 is 0. The molecule has 27 heavy (non-hydrogen) atoms. The van der Waals surface area contributed by atoms with E-state index in [0.29, 0.717) is 18.1 Å². The quantitative estimate of drug-likeness (QED) is 0.698. The van der Waals surface area contributed by atoms with Crippen molar-refractivity contribution in [2.45, 2.75) is 78.1 Å². The van der Waals surface area contributed by atoms with Gasteiger partial charge in [0.25, 0.3) is 0 Å². The molecular weight excluding hydrogens is 346 g/mol. The number of aromatic nitrogens is 7. The van der Waals surface area contributed by atoms with E-state index >= 15 is 0 Å². The van der Waals surface area contributed by atoms with Gasteiger partial charge in [-0.25, -0.2) is 14.0 Å². The predicted molar refractivity (Wildman–Crippen MR) is 94.7 cm³/mol. The maximum Gasteiger partial charge on any atom is 0.399 e. The van der Waals surface area contributed by atoms with Crippen molar-refractivity contribution in [1.82, 2.24) is 25.3 Å². The Morgan fingerprint density at radius 2 is 1.74 bits per heavy atom. The van der Waals surface area contributed by atoms with E-state index in [2.05, 4.69) is 59.9 Å². The van der Waals surface area contributed by atoms with Crippen molar-refractivity contribution in [1.29, 1.82) is 0 Å². The van der Waals surface area contributed by atoms with Gasteiger partial charge in [-0.2, -0.15) is 5.10 Å². The van der Waals surface area contributed by atoms with Crippen molar-refractivity contribution < 1.29 is 18.6 Å². The van der Waals surface area contributed by atoms with Gasteiger partial charge < -0.3 is 0 Å². The van der Waals surface area contributed by atoms with Crippen molar-refractivity contribution >= 4 is 0 Å². The number of nitrogens with zero attached hydrogens (tertiary/aromatic N) is 6. The van der Waals surface area contributed by atoms with Crippen LogP contribution in [0.4, 0.5) is 0 Å². The van der Waals surface area contributed by atoms with E-state index in [4.69, 9.17) is 9.05 Å². The monoisotopic (exact) mass is 375 g/mol. The van der Waals surface area contributed by atoms with Crippen molar-refractivity contribution in [3.8, 4) is 0 Å². The first kappa shape index (κ1) is 19.2. The summed E-state index contributed by atoms with van der Waals surface area (Å²) < 4.78 is 12.8. The van der Waals surface area contributed by atoms with Gasteiger partial charge in [0.15, 0.2) is 11.0 Å². The van der Waals surface area contributed by atoms with Crippen LogP contribution in [0.2, 0.25) is 0 Å². The summed E-state index contributed by atoms with van der Waals surface area (Å²) in [5.74, 6) is 2.91. The van der Waals surface area contributed by atoms with Crippen LogP contribution in [-0.4, -0.2) is 25.3 Å². The Balaban J connectivity index is 1.89. The highest BCUT2D eigenvalue weighted by Crippen LogP contribution is 2.24. The number of nitrogens with one attached hydrogen (secondary N) is 1. The first-order valence-corrected chi connectivity index (χ1v) is 9.05. The molecule has 0 unspecified atom stereocenters. The highest BCUT2D eigenvalue weighted by Gasteiger charge is 2.42. The lowest BCUT2D eigenvalue weighted by molar-refractivity contribution is -1.37. The standard InChI is InChI=1S/C18H29N7O2/c1-16(2,3)13-20-12(21-22-13)9-18(7,8)14-23-26-11-24(14)25-10-19-15(27-25)17(4,5)6/h10-11H,9H2,1-8H3,(H,20,21,22)/q+2. The lowest BCUT2D eigenvalue weighted by Crippen LogP contribution is -2.68. The molecule has 0 aliphatic heterocycles. The van der Waals surface area contributed by atoms with Gasteiger partial charge in [0.05, 0.1) is 10.8 Å². The fourth-order valence-corrected chi connectivity index (χ4v) is 2.64. The molecule has 9 heteroatoms. The van der Waals surface area contributed by atoms with Gasteiger partial charge in [-0.15, -0.1) is 0 Å². The second-order valence-corrected chi connectivity index (χ2v) is 9.57. The lowest BCUT2D eigenvalue weighted by Gasteiger charge is -2.15. The third-order valence-electron chi connectivity index (χ3n) is 4.26. The normalized spacial score (nSPS) is 13.3. The minimum absolute atomic E-state index is 0.0811. The first-order valence-electron chi connectivity index (χ1n) is 9.05. The van der Waals surface area contributed by atoms with Gasteiger partial charge in [-0.05, 0) is 39.6 Å². The zero-order chi connectivity index (χ0) is 20.0. The number of aromatic amines is 1. The SMILES string of the molecule is CC(C)(C)c1nc(CC(C)(C)c2noc[n+]2-[n+]2cnc(C(C)(C)C)o2)n[nH]1. The maximum atomic E-state index is 5.86. The van der Waals surface area contributed by atoms with E-state index < -0.39 is 5.41 Å². The van der Waals surface area contributed by atoms with Crippen LogP contribution in [0.25, 0.3) is 0 Å². The van der Waals surface area contributed by atoms with Crippen molar-refractivity contribution in [2.75, 3.05) is 0 Å². The Morgan fingerprint density at radius 1 is 1.04 bits per heavy atom. The van der Waals surface area contributed by atoms with Gasteiger partial charge in [0, 0.05) is 16.5 Å². The summed E-state index contributed by atoms with van der Waals surface area (Å²) in [6, 6.07) is 0. The zero-order valence-corrected chi connectivity index (χ0v) is 17.4. The molecule has 3 rings (SSSR count). The summed E-state index contributed by atoms with van der Waals surface area (Å²) in [7, 11) is 0. The molecule has 0 saturated heterocycles. The summed E-state index contributed by atoms with van der Waals surface area (Å²) in [6.45, 7) is 16.6. The number of hydrogen-bond acceptors (Lipinski definition) is 6. The van der Waals surface area contributed by atoms with E-state index in [1.807, 2.05) is 20.8 Å². The Hall–Kier alpha value is -2.58. The third kappa shape index (κ3) is 3.91. The molecular formula is C18H29N7O2+2. The molecule has 0 aliphatic rings. The molecule has 0 aromatic carbocycles. The van der Waals surface area contributed by atoms with Gasteiger partial charge >= 0.3 is 24.4 Å². The third-order valence-corrected chi connectivity index (χ3v) is 4.26. The first-order chi connectivity index (χ1) is 12.4. The Kier molecular flexibility index (Phi) is 4.44. The van der Waals surface area contributed by atoms with E-state index in [1.165, 1.54) is 11.2 Å². The molecule has 0 radical (unpaired) electrons. The molecule has 146 valence electrons. The second kappa shape index (κ2) is 6.24. The van der Waals surface area contributed by atoms with Crippen molar-refractivity contribution in [3.05, 3.63) is 36.1 Å². The van der Waals surface area contributed by atoms with Crippen LogP contribution in [0.1, 0.15) is 78.8 Å². The lowest BCUT2D eigenvalue weighted by atomic mass is 9.88. The molecule has 0 bridgehead atoms. The van der Waals surface area contributed by atoms with Gasteiger partial charge in [-0.1, -0.05) is 20.8 Å². The minimum atomic E-state index is -0.397. The van der Waals surface area contributed by atoms with Gasteiger partial charge in [-0.3, -0.25) is 5.10 Å². The number of hydrogen-bond donors (Lipinski definition) is 1. The smallest absolute Gasteiger partial charge is 0.263 e. The average Bonchev–Trinajstić information content (AvgIpc) is 3.25. The molecule has 0 fully saturated rings. The van der Waals surface area contributed by atoms with E-state index in [1.54, 1.807) is 11.0 Å². The number of rotatable bonds is 4. The largest absolute Gasteiger partial charge is 0.399 e. The fraction of sp³-hybridized carbons (Fsp3) is 0.667. The van der Waals surface area contributed by atoms with Crippen LogP contribution in [0.15, 0.2) is 21.8 Å². The van der Waals surface area contributed by atoms with Crippen LogP contribution in [0.3, 0.4) is 0 Å². The molecule has 0 saturated carbocycles. The molecule has 3 aromatic heterocycles. The predicted octanol–water partition coefficient (Wildman–Crippen LogP) is 1.78. The molecule has 3 aromatic rings. The van der Waals surface area contributed by atoms with Gasteiger partial charge in [0.2, 0.25) is 0 Å². The van der Waals surface area contributed by atoms with Crippen LogP contribution in [0, 0.1) is 0 Å². The summed E-state index contributed by atoms with van der Waals surface area (Å²) in [6.07, 6.45) is 3.70. The van der Waals surface area contributed by atoms with Crippen LogP contribution >= 0.6 is 0 Å². The van der Waals surface area contributed by atoms with Crippen LogP contribution in [-0.2, 0) is 22.7 Å². The fourth-order valence-electron chi connectivity index (χ4n) is 2.64. The topological polar surface area (TPSA) is 101 Å². The summed E-state index contributed by atoms with van der Waals surface area (Å²) in [4.78, 5) is 10.5. The van der Waals surface area contributed by atoms with Crippen LogP contribution < -0.4 is 9.52 Å². The second-order valence-electron chi connectivity index (χ2n) is 9.57.